The van der Waals surface area contributed by atoms with Crippen molar-refractivity contribution in [3.05, 3.63) is 48.3 Å². The predicted molar refractivity (Wildman–Crippen MR) is 71.1 cm³/mol. The lowest BCUT2D eigenvalue weighted by molar-refractivity contribution is 0.877. The van der Waals surface area contributed by atoms with Crippen molar-refractivity contribution in [3.63, 3.8) is 0 Å². The van der Waals surface area contributed by atoms with E-state index in [-0.39, 0.29) is 0 Å². The molecule has 0 bridgehead atoms. The van der Waals surface area contributed by atoms with Crippen molar-refractivity contribution in [1.82, 2.24) is 9.97 Å². The fourth-order valence-electron chi connectivity index (χ4n) is 2.28. The first kappa shape index (κ1) is 10.2. The minimum absolute atomic E-state index is 0.492. The van der Waals surface area contributed by atoms with Crippen LogP contribution in [0.2, 0.25) is 0 Å². The molecule has 0 amide bonds. The fourth-order valence-corrected chi connectivity index (χ4v) is 2.28. The number of benzene rings is 1. The first-order valence-corrected chi connectivity index (χ1v) is 5.90. The molecule has 17 heavy (non-hydrogen) atoms. The lowest BCUT2D eigenvalue weighted by Crippen LogP contribution is -1.93. The number of aromatic nitrogens is 2. The predicted octanol–water partition coefficient (Wildman–Crippen LogP) is 3.91. The van der Waals surface area contributed by atoms with Gasteiger partial charge in [-0.15, -0.1) is 0 Å². The summed E-state index contributed by atoms with van der Waals surface area (Å²) in [5.74, 6) is 0.492. The van der Waals surface area contributed by atoms with Crippen LogP contribution in [0.4, 0.5) is 0 Å². The molecule has 2 heterocycles. The second-order valence-electron chi connectivity index (χ2n) is 4.60. The fraction of sp³-hybridized carbons (Fsp3) is 0.200. The summed E-state index contributed by atoms with van der Waals surface area (Å²) in [4.78, 5) is 8.94. The molecular weight excluding hydrogens is 208 g/mol. The molecule has 2 aromatic heterocycles. The van der Waals surface area contributed by atoms with Crippen molar-refractivity contribution in [2.24, 2.45) is 0 Å². The van der Waals surface area contributed by atoms with Crippen molar-refractivity contribution in [2.45, 2.75) is 19.8 Å². The second-order valence-corrected chi connectivity index (χ2v) is 4.60. The molecule has 0 saturated heterocycles. The van der Waals surface area contributed by atoms with Gasteiger partial charge in [-0.2, -0.15) is 0 Å². The van der Waals surface area contributed by atoms with Gasteiger partial charge in [0.2, 0.25) is 0 Å². The Morgan fingerprint density at radius 3 is 2.41 bits per heavy atom. The molecule has 0 fully saturated rings. The number of nitrogens with zero attached hydrogens (tertiary/aromatic N) is 2. The number of hydrogen-bond acceptors (Lipinski definition) is 2. The molecule has 2 nitrogen and oxygen atoms in total. The third-order valence-electron chi connectivity index (χ3n) is 3.11. The Kier molecular flexibility index (Phi) is 2.29. The SMILES string of the molecule is CC(C)c1cc2cccnc2c2ncccc12. The molecule has 1 aromatic carbocycles. The number of hydrogen-bond donors (Lipinski definition) is 0. The number of pyridine rings is 2. The van der Waals surface area contributed by atoms with E-state index in [0.717, 1.165) is 11.0 Å². The van der Waals surface area contributed by atoms with Crippen molar-refractivity contribution >= 4 is 21.8 Å². The maximum Gasteiger partial charge on any atom is 0.0967 e. The normalized spacial score (nSPS) is 11.5. The van der Waals surface area contributed by atoms with Gasteiger partial charge in [0.25, 0.3) is 0 Å². The molecule has 2 heteroatoms. The van der Waals surface area contributed by atoms with Gasteiger partial charge >= 0.3 is 0 Å². The van der Waals surface area contributed by atoms with Crippen molar-refractivity contribution in [1.29, 1.82) is 0 Å². The zero-order valence-corrected chi connectivity index (χ0v) is 10.0. The van der Waals surface area contributed by atoms with E-state index < -0.39 is 0 Å². The minimum atomic E-state index is 0.492. The highest BCUT2D eigenvalue weighted by atomic mass is 14.7. The second kappa shape index (κ2) is 3.81. The van der Waals surface area contributed by atoms with Crippen molar-refractivity contribution in [2.75, 3.05) is 0 Å². The Morgan fingerprint density at radius 1 is 0.941 bits per heavy atom. The molecule has 3 rings (SSSR count). The van der Waals surface area contributed by atoms with E-state index in [4.69, 9.17) is 0 Å². The van der Waals surface area contributed by atoms with Crippen LogP contribution in [-0.2, 0) is 0 Å². The number of fused-ring (bicyclic) bond motifs is 3. The summed E-state index contributed by atoms with van der Waals surface area (Å²) in [6.45, 7) is 4.42. The van der Waals surface area contributed by atoms with Crippen LogP contribution in [0.15, 0.2) is 42.7 Å². The highest BCUT2D eigenvalue weighted by Gasteiger charge is 2.10. The van der Waals surface area contributed by atoms with Gasteiger partial charge in [-0.05, 0) is 29.7 Å². The Morgan fingerprint density at radius 2 is 1.65 bits per heavy atom. The van der Waals surface area contributed by atoms with Crippen LogP contribution in [-0.4, -0.2) is 9.97 Å². The first-order chi connectivity index (χ1) is 8.27. The minimum Gasteiger partial charge on any atom is -0.254 e. The molecule has 0 atom stereocenters. The Balaban J connectivity index is 2.55. The Bertz CT molecular complexity index is 687. The molecule has 0 spiro atoms. The smallest absolute Gasteiger partial charge is 0.0967 e. The highest BCUT2D eigenvalue weighted by molar-refractivity contribution is 6.04. The molecule has 0 unspecified atom stereocenters. The quantitative estimate of drug-likeness (QED) is 0.583. The standard InChI is InChI=1S/C15H14N2/c1-10(2)13-9-11-5-3-7-16-14(11)15-12(13)6-4-8-17-15/h3-10H,1-2H3. The van der Waals surface area contributed by atoms with Crippen molar-refractivity contribution in [3.8, 4) is 0 Å². The van der Waals surface area contributed by atoms with Gasteiger partial charge in [0.15, 0.2) is 0 Å². The molecule has 0 aliphatic carbocycles. The van der Waals surface area contributed by atoms with Gasteiger partial charge in [0.1, 0.15) is 0 Å². The van der Waals surface area contributed by atoms with E-state index in [2.05, 4.69) is 42.0 Å². The van der Waals surface area contributed by atoms with E-state index in [1.165, 1.54) is 16.3 Å². The van der Waals surface area contributed by atoms with E-state index in [1.807, 2.05) is 24.5 Å². The maximum absolute atomic E-state index is 4.49. The van der Waals surface area contributed by atoms with Gasteiger partial charge in [0, 0.05) is 23.2 Å². The average molecular weight is 222 g/mol. The van der Waals surface area contributed by atoms with E-state index in [9.17, 15) is 0 Å². The van der Waals surface area contributed by atoms with Crippen LogP contribution in [0.1, 0.15) is 25.3 Å². The Hall–Kier alpha value is -1.96. The molecule has 0 N–H and O–H groups in total. The summed E-state index contributed by atoms with van der Waals surface area (Å²) in [5.41, 5.74) is 3.34. The van der Waals surface area contributed by atoms with Crippen LogP contribution in [0.5, 0.6) is 0 Å². The van der Waals surface area contributed by atoms with Gasteiger partial charge in [-0.3, -0.25) is 9.97 Å². The van der Waals surface area contributed by atoms with E-state index >= 15 is 0 Å². The van der Waals surface area contributed by atoms with Gasteiger partial charge < -0.3 is 0 Å². The van der Waals surface area contributed by atoms with Crippen LogP contribution in [0.25, 0.3) is 21.8 Å². The van der Waals surface area contributed by atoms with Gasteiger partial charge in [-0.1, -0.05) is 26.0 Å². The van der Waals surface area contributed by atoms with Gasteiger partial charge in [-0.25, -0.2) is 0 Å². The molecule has 0 saturated carbocycles. The lowest BCUT2D eigenvalue weighted by atomic mass is 9.96. The van der Waals surface area contributed by atoms with Crippen LogP contribution in [0.3, 0.4) is 0 Å². The molecule has 3 aromatic rings. The largest absolute Gasteiger partial charge is 0.254 e. The lowest BCUT2D eigenvalue weighted by Gasteiger charge is -2.11. The first-order valence-electron chi connectivity index (χ1n) is 5.90. The molecule has 0 aliphatic rings. The van der Waals surface area contributed by atoms with Crippen LogP contribution >= 0.6 is 0 Å². The topological polar surface area (TPSA) is 25.8 Å². The van der Waals surface area contributed by atoms with Crippen LogP contribution < -0.4 is 0 Å². The summed E-state index contributed by atoms with van der Waals surface area (Å²) in [5, 5.41) is 2.39. The number of rotatable bonds is 1. The Labute approximate surface area is 100 Å². The maximum atomic E-state index is 4.49. The van der Waals surface area contributed by atoms with Gasteiger partial charge in [0.05, 0.1) is 11.0 Å². The summed E-state index contributed by atoms with van der Waals surface area (Å²) in [7, 11) is 0. The average Bonchev–Trinajstić information content (AvgIpc) is 2.37. The van der Waals surface area contributed by atoms with E-state index in [1.54, 1.807) is 0 Å². The summed E-state index contributed by atoms with van der Waals surface area (Å²) < 4.78 is 0. The zero-order valence-electron chi connectivity index (χ0n) is 10.0. The molecule has 0 aliphatic heterocycles. The third-order valence-corrected chi connectivity index (χ3v) is 3.11. The molecule has 84 valence electrons. The zero-order chi connectivity index (χ0) is 11.8. The van der Waals surface area contributed by atoms with Crippen molar-refractivity contribution < 1.29 is 0 Å². The molecule has 0 radical (unpaired) electrons. The summed E-state index contributed by atoms with van der Waals surface area (Å²) in [6.07, 6.45) is 3.66. The third kappa shape index (κ3) is 1.57. The highest BCUT2D eigenvalue weighted by Crippen LogP contribution is 2.29. The summed E-state index contributed by atoms with van der Waals surface area (Å²) >= 11 is 0. The monoisotopic (exact) mass is 222 g/mol. The van der Waals surface area contributed by atoms with Crippen LogP contribution in [0, 0.1) is 0 Å². The summed E-state index contributed by atoms with van der Waals surface area (Å²) in [6, 6.07) is 10.4. The van der Waals surface area contributed by atoms with E-state index in [0.29, 0.717) is 5.92 Å². The molecular formula is C15H14N2.